The number of nitrogens with one attached hydrogen (secondary N) is 1. The average Bonchev–Trinajstić information content (AvgIpc) is 3.65. The molecule has 3 heteroatoms. The van der Waals surface area contributed by atoms with E-state index in [1.54, 1.807) is 0 Å². The van der Waals surface area contributed by atoms with Gasteiger partial charge in [0.2, 0.25) is 0 Å². The zero-order valence-corrected chi connectivity index (χ0v) is 25.2. The number of benzene rings is 6. The Hall–Kier alpha value is -5.28. The molecule has 1 aliphatic carbocycles. The van der Waals surface area contributed by atoms with E-state index >= 15 is 0 Å². The molecule has 6 aromatic carbocycles. The number of fused-ring (bicyclic) bond motifs is 7. The topological polar surface area (TPSA) is 20.2 Å². The predicted molar refractivity (Wildman–Crippen MR) is 185 cm³/mol. The summed E-state index contributed by atoms with van der Waals surface area (Å²) in [5.41, 5.74) is 15.2. The highest BCUT2D eigenvalue weighted by Crippen LogP contribution is 2.51. The minimum atomic E-state index is -0.0503. The smallest absolute Gasteiger partial charge is 0.125 e. The number of rotatable bonds is 3. The van der Waals surface area contributed by atoms with Crippen molar-refractivity contribution in [2.24, 2.45) is 0 Å². The maximum Gasteiger partial charge on any atom is 0.125 e. The average molecular weight is 568 g/mol. The van der Waals surface area contributed by atoms with Crippen LogP contribution >= 0.6 is 0 Å². The van der Waals surface area contributed by atoms with Crippen LogP contribution in [0, 0.1) is 0 Å². The number of anilines is 2. The van der Waals surface area contributed by atoms with Gasteiger partial charge in [0.05, 0.1) is 22.4 Å². The van der Waals surface area contributed by atoms with E-state index in [4.69, 9.17) is 0 Å². The van der Waals surface area contributed by atoms with E-state index in [1.165, 1.54) is 77.8 Å². The van der Waals surface area contributed by atoms with Crippen LogP contribution in [0.3, 0.4) is 0 Å². The molecule has 212 valence electrons. The molecule has 0 saturated carbocycles. The Morgan fingerprint density at radius 3 is 2.25 bits per heavy atom. The zero-order chi connectivity index (χ0) is 29.6. The van der Waals surface area contributed by atoms with E-state index in [1.807, 2.05) is 0 Å². The van der Waals surface area contributed by atoms with Gasteiger partial charge in [-0.1, -0.05) is 105 Å². The Morgan fingerprint density at radius 1 is 0.591 bits per heavy atom. The molecular weight excluding hydrogens is 534 g/mol. The summed E-state index contributed by atoms with van der Waals surface area (Å²) in [5.74, 6) is 0. The molecule has 2 aliphatic rings. The van der Waals surface area contributed by atoms with Gasteiger partial charge >= 0.3 is 0 Å². The van der Waals surface area contributed by atoms with E-state index in [2.05, 4.69) is 169 Å². The summed E-state index contributed by atoms with van der Waals surface area (Å²) < 4.78 is 2.46. The molecule has 1 N–H and O–H groups in total. The van der Waals surface area contributed by atoms with E-state index in [0.717, 1.165) is 0 Å². The van der Waals surface area contributed by atoms with Crippen LogP contribution in [-0.4, -0.2) is 11.6 Å². The van der Waals surface area contributed by atoms with Crippen LogP contribution in [0.5, 0.6) is 0 Å². The van der Waals surface area contributed by atoms with Crippen molar-refractivity contribution < 1.29 is 0 Å². The molecule has 44 heavy (non-hydrogen) atoms. The highest BCUT2D eigenvalue weighted by Gasteiger charge is 2.36. The van der Waals surface area contributed by atoms with Gasteiger partial charge in [-0.05, 0) is 81.4 Å². The molecule has 7 aromatic rings. The first-order valence-electron chi connectivity index (χ1n) is 15.5. The van der Waals surface area contributed by atoms with Crippen LogP contribution in [0.4, 0.5) is 11.4 Å². The number of nitrogens with zero attached hydrogens (tertiary/aromatic N) is 2. The van der Waals surface area contributed by atoms with Gasteiger partial charge in [0, 0.05) is 28.9 Å². The van der Waals surface area contributed by atoms with E-state index in [0.29, 0.717) is 0 Å². The van der Waals surface area contributed by atoms with Crippen LogP contribution in [-0.2, 0) is 5.41 Å². The van der Waals surface area contributed by atoms with Crippen LogP contribution in [0.2, 0.25) is 0 Å². The molecule has 1 atom stereocenters. The predicted octanol–water partition coefficient (Wildman–Crippen LogP) is 10.3. The quantitative estimate of drug-likeness (QED) is 0.229. The minimum Gasteiger partial charge on any atom is -0.360 e. The van der Waals surface area contributed by atoms with Gasteiger partial charge in [-0.25, -0.2) is 0 Å². The van der Waals surface area contributed by atoms with Crippen molar-refractivity contribution in [2.45, 2.75) is 25.4 Å². The molecule has 9 rings (SSSR count). The Kier molecular flexibility index (Phi) is 5.23. The van der Waals surface area contributed by atoms with Crippen LogP contribution in [0.25, 0.3) is 49.7 Å². The molecule has 3 nitrogen and oxygen atoms in total. The Balaban J connectivity index is 1.19. The molecular formula is C41H33N3. The summed E-state index contributed by atoms with van der Waals surface area (Å²) in [6.45, 7) is 4.72. The number of para-hydroxylation sites is 1. The first-order chi connectivity index (χ1) is 21.5. The summed E-state index contributed by atoms with van der Waals surface area (Å²) in [5, 5.41) is 6.30. The van der Waals surface area contributed by atoms with Crippen LogP contribution in [0.15, 0.2) is 133 Å². The van der Waals surface area contributed by atoms with Crippen molar-refractivity contribution >= 4 is 33.2 Å². The second-order valence-electron chi connectivity index (χ2n) is 12.8. The minimum absolute atomic E-state index is 0.0503. The summed E-state index contributed by atoms with van der Waals surface area (Å²) in [4.78, 5) is 2.34. The van der Waals surface area contributed by atoms with Crippen molar-refractivity contribution in [3.8, 4) is 27.9 Å². The lowest BCUT2D eigenvalue weighted by Gasteiger charge is -2.22. The van der Waals surface area contributed by atoms with E-state index < -0.39 is 0 Å². The standard InChI is InChI=1S/C41H33N3/c1-41(2)34-18-9-7-16-30(34)32-24-33-31-17-8-10-19-37(31)44(38(33)25-35(32)41)29-15-11-14-27(22-29)28-20-21-36-39(23-28)43(3)40(42-36)26-12-5-4-6-13-26/h4-25,40,42H,1-3H3. The fourth-order valence-corrected chi connectivity index (χ4v) is 7.72. The van der Waals surface area contributed by atoms with Gasteiger partial charge in [0.1, 0.15) is 6.17 Å². The van der Waals surface area contributed by atoms with Crippen LogP contribution in [0.1, 0.15) is 36.7 Å². The summed E-state index contributed by atoms with van der Waals surface area (Å²) in [7, 11) is 2.17. The fraction of sp³-hybridized carbons (Fsp3) is 0.122. The first kappa shape index (κ1) is 25.2. The second-order valence-corrected chi connectivity index (χ2v) is 12.8. The third-order valence-corrected chi connectivity index (χ3v) is 9.99. The molecule has 0 saturated heterocycles. The van der Waals surface area contributed by atoms with Gasteiger partial charge in [-0.2, -0.15) is 0 Å². The van der Waals surface area contributed by atoms with Crippen molar-refractivity contribution in [3.63, 3.8) is 0 Å². The SMILES string of the molecule is CN1c2cc(-c3cccc(-n4c5ccccc5c5cc6c(cc54)C(C)(C)c4ccccc4-6)c3)ccc2NC1c1ccccc1. The molecule has 2 heterocycles. The van der Waals surface area contributed by atoms with Gasteiger partial charge in [-0.15, -0.1) is 0 Å². The zero-order valence-electron chi connectivity index (χ0n) is 25.2. The summed E-state index contributed by atoms with van der Waals surface area (Å²) in [6, 6.07) is 49.1. The normalized spacial score (nSPS) is 16.2. The maximum atomic E-state index is 3.71. The maximum absolute atomic E-state index is 3.71. The first-order valence-corrected chi connectivity index (χ1v) is 15.5. The molecule has 0 radical (unpaired) electrons. The molecule has 0 amide bonds. The summed E-state index contributed by atoms with van der Waals surface area (Å²) in [6.07, 6.45) is 0.127. The lowest BCUT2D eigenvalue weighted by atomic mass is 9.82. The largest absolute Gasteiger partial charge is 0.360 e. The number of hydrogen-bond acceptors (Lipinski definition) is 2. The van der Waals surface area contributed by atoms with Gasteiger partial charge in [0.15, 0.2) is 0 Å². The van der Waals surface area contributed by atoms with Crippen molar-refractivity contribution in [1.82, 2.24) is 4.57 Å². The summed E-state index contributed by atoms with van der Waals surface area (Å²) >= 11 is 0. The Labute approximate surface area is 258 Å². The fourth-order valence-electron chi connectivity index (χ4n) is 7.72. The molecule has 1 aliphatic heterocycles. The van der Waals surface area contributed by atoms with Gasteiger partial charge < -0.3 is 14.8 Å². The molecule has 0 spiro atoms. The van der Waals surface area contributed by atoms with E-state index in [-0.39, 0.29) is 11.6 Å². The number of aromatic nitrogens is 1. The molecule has 1 aromatic heterocycles. The van der Waals surface area contributed by atoms with Crippen molar-refractivity contribution in [2.75, 3.05) is 17.3 Å². The van der Waals surface area contributed by atoms with Gasteiger partial charge in [-0.3, -0.25) is 0 Å². The Morgan fingerprint density at radius 2 is 1.36 bits per heavy atom. The lowest BCUT2D eigenvalue weighted by molar-refractivity contribution is 0.661. The monoisotopic (exact) mass is 567 g/mol. The second kappa shape index (κ2) is 9.11. The third-order valence-electron chi connectivity index (χ3n) is 9.99. The van der Waals surface area contributed by atoms with Gasteiger partial charge in [0.25, 0.3) is 0 Å². The number of hydrogen-bond donors (Lipinski definition) is 1. The highest BCUT2D eigenvalue weighted by atomic mass is 15.3. The van der Waals surface area contributed by atoms with Crippen LogP contribution < -0.4 is 10.2 Å². The van der Waals surface area contributed by atoms with Crippen molar-refractivity contribution in [1.29, 1.82) is 0 Å². The highest BCUT2D eigenvalue weighted by molar-refractivity contribution is 6.11. The van der Waals surface area contributed by atoms with Crippen molar-refractivity contribution in [3.05, 3.63) is 150 Å². The third kappa shape index (κ3) is 3.50. The Bertz CT molecular complexity index is 2260. The lowest BCUT2D eigenvalue weighted by Crippen LogP contribution is -2.23. The molecule has 1 unspecified atom stereocenters. The molecule has 0 fully saturated rings. The van der Waals surface area contributed by atoms with E-state index in [9.17, 15) is 0 Å². The molecule has 0 bridgehead atoms.